The molecule has 8 heteroatoms. The molecule has 1 amide bonds. The number of nitrogens with zero attached hydrogens (tertiary/aromatic N) is 1. The minimum Gasteiger partial charge on any atom is -0.439 e. The van der Waals surface area contributed by atoms with Crippen LogP contribution in [0.15, 0.2) is 24.3 Å². The molecule has 2 N–H and O–H groups in total. The van der Waals surface area contributed by atoms with E-state index in [0.29, 0.717) is 5.56 Å². The van der Waals surface area contributed by atoms with Gasteiger partial charge >= 0.3 is 6.09 Å². The van der Waals surface area contributed by atoms with Gasteiger partial charge in [0.1, 0.15) is 4.83 Å². The number of primary amides is 1. The van der Waals surface area contributed by atoms with Crippen molar-refractivity contribution in [1.29, 1.82) is 0 Å². The second-order valence-corrected chi connectivity index (χ2v) is 4.61. The van der Waals surface area contributed by atoms with Gasteiger partial charge in [0, 0.05) is 12.1 Å². The molecule has 0 aromatic heterocycles. The van der Waals surface area contributed by atoms with Crippen LogP contribution in [0.5, 0.6) is 0 Å². The number of ether oxygens (including phenoxy) is 1. The molecule has 1 aromatic rings. The van der Waals surface area contributed by atoms with Gasteiger partial charge in [-0.2, -0.15) is 0 Å². The maximum atomic E-state index is 11.9. The van der Waals surface area contributed by atoms with E-state index in [4.69, 9.17) is 5.73 Å². The second kappa shape index (κ2) is 6.28. The van der Waals surface area contributed by atoms with Crippen LogP contribution in [-0.4, -0.2) is 22.9 Å². The fraction of sp³-hybridized carbons (Fsp3) is 0.273. The first-order chi connectivity index (χ1) is 8.82. The highest BCUT2D eigenvalue weighted by molar-refractivity contribution is 9.09. The largest absolute Gasteiger partial charge is 0.439 e. The lowest BCUT2D eigenvalue weighted by atomic mass is 10.1. The third kappa shape index (κ3) is 4.02. The van der Waals surface area contributed by atoms with Crippen molar-refractivity contribution in [2.75, 3.05) is 0 Å². The quantitative estimate of drug-likeness (QED) is 0.504. The smallest absolute Gasteiger partial charge is 0.405 e. The van der Waals surface area contributed by atoms with Gasteiger partial charge in [-0.1, -0.05) is 28.1 Å². The molecule has 102 valence electrons. The summed E-state index contributed by atoms with van der Waals surface area (Å²) < 4.78 is 4.57. The molecular weight excluding hydrogens is 320 g/mol. The fourth-order valence-electron chi connectivity index (χ4n) is 1.37. The standard InChI is InChI=1S/C11H11BrN2O5/c1-6(19-11(13)16)10(15)9(12)7-2-4-8(5-3-7)14(17)18/h2-6,9H,1H3,(H2,13,16). The SMILES string of the molecule is CC(OC(N)=O)C(=O)C(Br)c1ccc([N+](=O)[O-])cc1. The van der Waals surface area contributed by atoms with Crippen LogP contribution in [0, 0.1) is 10.1 Å². The molecule has 0 fully saturated rings. The van der Waals surface area contributed by atoms with Crippen molar-refractivity contribution in [3.8, 4) is 0 Å². The molecule has 0 radical (unpaired) electrons. The van der Waals surface area contributed by atoms with Crippen molar-refractivity contribution >= 4 is 33.5 Å². The predicted molar refractivity (Wildman–Crippen MR) is 69.9 cm³/mol. The lowest BCUT2D eigenvalue weighted by Crippen LogP contribution is -2.29. The van der Waals surface area contributed by atoms with E-state index in [1.165, 1.54) is 31.2 Å². The Morgan fingerprint density at radius 2 is 1.89 bits per heavy atom. The molecule has 1 rings (SSSR count). The first kappa shape index (κ1) is 15.1. The van der Waals surface area contributed by atoms with Gasteiger partial charge < -0.3 is 10.5 Å². The minimum absolute atomic E-state index is 0.0719. The first-order valence-electron chi connectivity index (χ1n) is 5.21. The molecule has 0 aliphatic carbocycles. The van der Waals surface area contributed by atoms with E-state index < -0.39 is 27.7 Å². The minimum atomic E-state index is -1.04. The molecule has 0 aliphatic rings. The van der Waals surface area contributed by atoms with E-state index in [2.05, 4.69) is 20.7 Å². The van der Waals surface area contributed by atoms with Crippen LogP contribution < -0.4 is 5.73 Å². The molecule has 0 heterocycles. The molecule has 7 nitrogen and oxygen atoms in total. The zero-order valence-corrected chi connectivity index (χ0v) is 11.5. The summed E-state index contributed by atoms with van der Waals surface area (Å²) in [4.78, 5) is 31.7. The number of alkyl halides is 1. The lowest BCUT2D eigenvalue weighted by molar-refractivity contribution is -0.384. The number of carbonyl (C=O) groups excluding carboxylic acids is 2. The van der Waals surface area contributed by atoms with E-state index in [-0.39, 0.29) is 5.69 Å². The van der Waals surface area contributed by atoms with Crippen molar-refractivity contribution in [2.24, 2.45) is 5.73 Å². The predicted octanol–water partition coefficient (Wildman–Crippen LogP) is 2.08. The highest BCUT2D eigenvalue weighted by Crippen LogP contribution is 2.27. The van der Waals surface area contributed by atoms with E-state index in [9.17, 15) is 19.7 Å². The third-order valence-electron chi connectivity index (χ3n) is 2.34. The zero-order chi connectivity index (χ0) is 14.6. The van der Waals surface area contributed by atoms with Crippen molar-refractivity contribution in [2.45, 2.75) is 17.9 Å². The molecule has 0 spiro atoms. The van der Waals surface area contributed by atoms with Gasteiger partial charge in [-0.05, 0) is 12.5 Å². The van der Waals surface area contributed by atoms with Crippen LogP contribution >= 0.6 is 15.9 Å². The number of amides is 1. The number of non-ortho nitro benzene ring substituents is 1. The summed E-state index contributed by atoms with van der Waals surface area (Å²) in [6, 6.07) is 5.48. The lowest BCUT2D eigenvalue weighted by Gasteiger charge is -2.14. The van der Waals surface area contributed by atoms with Gasteiger partial charge in [0.05, 0.1) is 4.92 Å². The molecule has 0 bridgehead atoms. The zero-order valence-electron chi connectivity index (χ0n) is 9.91. The third-order valence-corrected chi connectivity index (χ3v) is 3.32. The Hall–Kier alpha value is -1.96. The second-order valence-electron chi connectivity index (χ2n) is 3.69. The number of nitro benzene ring substituents is 1. The molecule has 2 atom stereocenters. The maximum Gasteiger partial charge on any atom is 0.405 e. The number of Topliss-reactive ketones (excluding diaryl/α,β-unsaturated/α-hetero) is 1. The van der Waals surface area contributed by atoms with Crippen molar-refractivity contribution in [1.82, 2.24) is 0 Å². The fourth-order valence-corrected chi connectivity index (χ4v) is 2.05. The Balaban J connectivity index is 2.82. The van der Waals surface area contributed by atoms with Gasteiger partial charge in [0.15, 0.2) is 11.9 Å². The molecule has 0 saturated heterocycles. The summed E-state index contributed by atoms with van der Waals surface area (Å²) in [5, 5.41) is 10.5. The summed E-state index contributed by atoms with van der Waals surface area (Å²) in [5.74, 6) is -0.410. The van der Waals surface area contributed by atoms with Gasteiger partial charge in [0.2, 0.25) is 0 Å². The molecule has 2 unspecified atom stereocenters. The van der Waals surface area contributed by atoms with E-state index in [1.54, 1.807) is 0 Å². The van der Waals surface area contributed by atoms with Crippen LogP contribution in [0.1, 0.15) is 17.3 Å². The van der Waals surface area contributed by atoms with Gasteiger partial charge in [0.25, 0.3) is 5.69 Å². The first-order valence-corrected chi connectivity index (χ1v) is 6.12. The van der Waals surface area contributed by atoms with Crippen molar-refractivity contribution in [3.05, 3.63) is 39.9 Å². The maximum absolute atomic E-state index is 11.9. The summed E-state index contributed by atoms with van der Waals surface area (Å²) in [5.41, 5.74) is 5.27. The number of rotatable bonds is 5. The number of hydrogen-bond donors (Lipinski definition) is 1. The van der Waals surface area contributed by atoms with Crippen LogP contribution in [0.25, 0.3) is 0 Å². The van der Waals surface area contributed by atoms with E-state index in [0.717, 1.165) is 0 Å². The van der Waals surface area contributed by atoms with Gasteiger partial charge in [-0.15, -0.1) is 0 Å². The number of hydrogen-bond acceptors (Lipinski definition) is 5. The Bertz CT molecular complexity index is 502. The summed E-state index contributed by atoms with van der Waals surface area (Å²) in [6.07, 6.45) is -2.04. The number of nitro groups is 1. The van der Waals surface area contributed by atoms with Gasteiger partial charge in [-0.25, -0.2) is 4.79 Å². The highest BCUT2D eigenvalue weighted by Gasteiger charge is 2.25. The van der Waals surface area contributed by atoms with Crippen LogP contribution in [0.2, 0.25) is 0 Å². The number of carbonyl (C=O) groups is 2. The molecule has 19 heavy (non-hydrogen) atoms. The monoisotopic (exact) mass is 330 g/mol. The molecule has 1 aromatic carbocycles. The highest BCUT2D eigenvalue weighted by atomic mass is 79.9. The van der Waals surface area contributed by atoms with Crippen molar-refractivity contribution < 1.29 is 19.2 Å². The average molecular weight is 331 g/mol. The Morgan fingerprint density at radius 3 is 2.32 bits per heavy atom. The van der Waals surface area contributed by atoms with Crippen LogP contribution in [-0.2, 0) is 9.53 Å². The molecular formula is C11H11BrN2O5. The van der Waals surface area contributed by atoms with Crippen LogP contribution in [0.4, 0.5) is 10.5 Å². The van der Waals surface area contributed by atoms with Crippen molar-refractivity contribution in [3.63, 3.8) is 0 Å². The number of halogens is 1. The average Bonchev–Trinajstić information content (AvgIpc) is 2.36. The normalized spacial score (nSPS) is 13.4. The Kier molecular flexibility index (Phi) is 4.99. The van der Waals surface area contributed by atoms with Gasteiger partial charge in [-0.3, -0.25) is 14.9 Å². The summed E-state index contributed by atoms with van der Waals surface area (Å²) in [7, 11) is 0. The van der Waals surface area contributed by atoms with Crippen LogP contribution in [0.3, 0.4) is 0 Å². The van der Waals surface area contributed by atoms with E-state index >= 15 is 0 Å². The number of ketones is 1. The number of nitrogens with two attached hydrogens (primary N) is 1. The topological polar surface area (TPSA) is 113 Å². The molecule has 0 aliphatic heterocycles. The summed E-state index contributed by atoms with van der Waals surface area (Å²) >= 11 is 3.15. The Morgan fingerprint density at radius 1 is 1.37 bits per heavy atom. The molecule has 0 saturated carbocycles. The number of benzene rings is 1. The summed E-state index contributed by atoms with van der Waals surface area (Å²) in [6.45, 7) is 1.40. The Labute approximate surface area is 117 Å². The van der Waals surface area contributed by atoms with E-state index in [1.807, 2.05) is 0 Å².